The van der Waals surface area contributed by atoms with Crippen molar-refractivity contribution in [1.82, 2.24) is 0 Å². The fraction of sp³-hybridized carbons (Fsp3) is 0.500. The van der Waals surface area contributed by atoms with E-state index >= 15 is 0 Å². The molecule has 16 heavy (non-hydrogen) atoms. The summed E-state index contributed by atoms with van der Waals surface area (Å²) in [4.78, 5) is 0. The zero-order chi connectivity index (χ0) is 12.4. The molecule has 0 saturated heterocycles. The number of hydrogen-bond acceptors (Lipinski definition) is 2. The molecule has 0 bridgehead atoms. The Balaban J connectivity index is 4.80. The van der Waals surface area contributed by atoms with Gasteiger partial charge < -0.3 is 0 Å². The summed E-state index contributed by atoms with van der Waals surface area (Å²) in [6.07, 6.45) is 3.17. The molecule has 0 aliphatic rings. The van der Waals surface area contributed by atoms with Crippen LogP contribution in [0.3, 0.4) is 0 Å². The van der Waals surface area contributed by atoms with E-state index in [4.69, 9.17) is 10.5 Å². The second-order valence-corrected chi connectivity index (χ2v) is 3.74. The third-order valence-electron chi connectivity index (χ3n) is 1.96. The Bertz CT molecular complexity index is 408. The van der Waals surface area contributed by atoms with Crippen LogP contribution in [-0.4, -0.2) is 0 Å². The number of nitriles is 2. The molecule has 0 heterocycles. The first-order valence-corrected chi connectivity index (χ1v) is 5.27. The zero-order valence-electron chi connectivity index (χ0n) is 10.1. The lowest BCUT2D eigenvalue weighted by atomic mass is 9.84. The maximum absolute atomic E-state index is 9.05. The van der Waals surface area contributed by atoms with Gasteiger partial charge in [0.2, 0.25) is 0 Å². The molecule has 0 aromatic heterocycles. The molecule has 0 aromatic rings. The van der Waals surface area contributed by atoms with Crippen molar-refractivity contribution in [3.8, 4) is 24.0 Å². The molecule has 0 aliphatic heterocycles. The summed E-state index contributed by atoms with van der Waals surface area (Å²) in [5.41, 5.74) is 3.01. The third kappa shape index (κ3) is 5.07. The predicted octanol–water partition coefficient (Wildman–Crippen LogP) is 3.33. The van der Waals surface area contributed by atoms with Crippen molar-refractivity contribution < 1.29 is 0 Å². The van der Waals surface area contributed by atoms with Crippen molar-refractivity contribution in [3.63, 3.8) is 0 Å². The van der Waals surface area contributed by atoms with Crippen molar-refractivity contribution in [2.45, 2.75) is 40.0 Å². The van der Waals surface area contributed by atoms with Gasteiger partial charge in [0, 0.05) is 19.3 Å². The predicted molar refractivity (Wildman–Crippen MR) is 63.9 cm³/mol. The second-order valence-electron chi connectivity index (χ2n) is 3.74. The lowest BCUT2D eigenvalue weighted by molar-refractivity contribution is 0.547. The third-order valence-corrected chi connectivity index (χ3v) is 1.96. The van der Waals surface area contributed by atoms with E-state index in [0.29, 0.717) is 12.8 Å². The first-order valence-electron chi connectivity index (χ1n) is 5.27. The zero-order valence-corrected chi connectivity index (χ0v) is 10.1. The van der Waals surface area contributed by atoms with Crippen LogP contribution in [0, 0.1) is 39.9 Å². The molecule has 2 heteroatoms. The van der Waals surface area contributed by atoms with Gasteiger partial charge in [-0.15, -0.1) is 17.6 Å². The van der Waals surface area contributed by atoms with Crippen molar-refractivity contribution in [3.05, 3.63) is 17.4 Å². The Morgan fingerprint density at radius 1 is 1.19 bits per heavy atom. The summed E-state index contributed by atoms with van der Waals surface area (Å²) in [6.45, 7) is 5.79. The summed E-state index contributed by atoms with van der Waals surface area (Å²) >= 11 is 0. The molecule has 0 aromatic carbocycles. The minimum absolute atomic E-state index is 0.300. The smallest absolute Gasteiger partial charge is 0.158 e. The minimum atomic E-state index is -1.02. The lowest BCUT2D eigenvalue weighted by Gasteiger charge is -2.11. The standard InChI is InChI=1S/C14H16N2/c1-4-5-6-9-14(11-15,12-16)10-7-8-13(2)3/h7H,4,9-10H2,1-3H3. The lowest BCUT2D eigenvalue weighted by Crippen LogP contribution is -2.13. The van der Waals surface area contributed by atoms with Gasteiger partial charge in [0.25, 0.3) is 0 Å². The van der Waals surface area contributed by atoms with E-state index in [1.165, 1.54) is 0 Å². The Morgan fingerprint density at radius 3 is 2.25 bits per heavy atom. The molecule has 0 saturated carbocycles. The number of nitrogens with zero attached hydrogens (tertiary/aromatic N) is 2. The largest absolute Gasteiger partial charge is 0.197 e. The quantitative estimate of drug-likeness (QED) is 0.532. The molecule has 0 amide bonds. The van der Waals surface area contributed by atoms with E-state index in [9.17, 15) is 0 Å². The summed E-state index contributed by atoms with van der Waals surface area (Å²) in [5, 5.41) is 18.1. The highest BCUT2D eigenvalue weighted by Crippen LogP contribution is 2.24. The maximum Gasteiger partial charge on any atom is 0.158 e. The van der Waals surface area contributed by atoms with Crippen molar-refractivity contribution in [2.75, 3.05) is 0 Å². The average Bonchev–Trinajstić information content (AvgIpc) is 2.27. The highest BCUT2D eigenvalue weighted by atomic mass is 14.4. The van der Waals surface area contributed by atoms with Gasteiger partial charge in [-0.05, 0) is 25.5 Å². The molecule has 0 radical (unpaired) electrons. The molecule has 0 spiro atoms. The first kappa shape index (κ1) is 14.1. The summed E-state index contributed by atoms with van der Waals surface area (Å²) in [7, 11) is 0. The van der Waals surface area contributed by atoms with E-state index in [1.807, 2.05) is 20.8 Å². The van der Waals surface area contributed by atoms with Crippen molar-refractivity contribution in [2.24, 2.45) is 5.41 Å². The number of hydrogen-bond donors (Lipinski definition) is 0. The number of rotatable bonds is 3. The highest BCUT2D eigenvalue weighted by molar-refractivity contribution is 5.21. The normalized spacial score (nSPS) is 8.81. The molecule has 0 atom stereocenters. The molecular weight excluding hydrogens is 196 g/mol. The second kappa shape index (κ2) is 7.36. The van der Waals surface area contributed by atoms with Gasteiger partial charge >= 0.3 is 0 Å². The summed E-state index contributed by atoms with van der Waals surface area (Å²) < 4.78 is 0. The fourth-order valence-corrected chi connectivity index (χ4v) is 1.04. The van der Waals surface area contributed by atoms with Crippen LogP contribution < -0.4 is 0 Å². The maximum atomic E-state index is 9.05. The van der Waals surface area contributed by atoms with Gasteiger partial charge in [-0.2, -0.15) is 10.5 Å². The van der Waals surface area contributed by atoms with E-state index in [2.05, 4.69) is 29.7 Å². The monoisotopic (exact) mass is 212 g/mol. The van der Waals surface area contributed by atoms with Crippen LogP contribution in [0.1, 0.15) is 40.0 Å². The molecular formula is C14H16N2. The van der Waals surface area contributed by atoms with E-state index in [-0.39, 0.29) is 0 Å². The molecule has 0 aliphatic carbocycles. The molecule has 82 valence electrons. The van der Waals surface area contributed by atoms with E-state index in [0.717, 1.165) is 12.0 Å². The Kier molecular flexibility index (Phi) is 6.47. The Hall–Kier alpha value is -1.94. The average molecular weight is 212 g/mol. The molecule has 0 rings (SSSR count). The van der Waals surface area contributed by atoms with Crippen LogP contribution in [0.2, 0.25) is 0 Å². The Morgan fingerprint density at radius 2 is 1.81 bits per heavy atom. The molecule has 0 fully saturated rings. The molecule has 0 N–H and O–H groups in total. The van der Waals surface area contributed by atoms with Gasteiger partial charge in [0.05, 0.1) is 12.1 Å². The fourth-order valence-electron chi connectivity index (χ4n) is 1.04. The first-order chi connectivity index (χ1) is 7.60. The summed E-state index contributed by atoms with van der Waals surface area (Å²) in [5.74, 6) is 5.75. The highest BCUT2D eigenvalue weighted by Gasteiger charge is 2.27. The van der Waals surface area contributed by atoms with Crippen LogP contribution in [0.5, 0.6) is 0 Å². The van der Waals surface area contributed by atoms with Gasteiger partial charge in [-0.25, -0.2) is 0 Å². The molecule has 0 unspecified atom stereocenters. The van der Waals surface area contributed by atoms with Crippen LogP contribution in [0.15, 0.2) is 17.4 Å². The molecule has 2 nitrogen and oxygen atoms in total. The number of allylic oxidation sites excluding steroid dienone is 1. The van der Waals surface area contributed by atoms with Gasteiger partial charge in [0.1, 0.15) is 0 Å². The van der Waals surface area contributed by atoms with E-state index < -0.39 is 5.41 Å². The SMILES string of the molecule is CCC#CCC(C#N)(C#N)CC=C=C(C)C. The van der Waals surface area contributed by atoms with E-state index in [1.54, 1.807) is 6.08 Å². The van der Waals surface area contributed by atoms with Gasteiger partial charge in [-0.3, -0.25) is 0 Å². The Labute approximate surface area is 97.9 Å². The van der Waals surface area contributed by atoms with Gasteiger partial charge in [0.15, 0.2) is 5.41 Å². The minimum Gasteiger partial charge on any atom is -0.197 e. The van der Waals surface area contributed by atoms with Crippen molar-refractivity contribution >= 4 is 0 Å². The van der Waals surface area contributed by atoms with Crippen LogP contribution in [-0.2, 0) is 0 Å². The van der Waals surface area contributed by atoms with Crippen LogP contribution in [0.25, 0.3) is 0 Å². The topological polar surface area (TPSA) is 47.6 Å². The van der Waals surface area contributed by atoms with Crippen LogP contribution in [0.4, 0.5) is 0 Å². The van der Waals surface area contributed by atoms with Crippen LogP contribution >= 0.6 is 0 Å². The summed E-state index contributed by atoms with van der Waals surface area (Å²) in [6, 6.07) is 4.11. The van der Waals surface area contributed by atoms with Gasteiger partial charge in [-0.1, -0.05) is 6.92 Å². The van der Waals surface area contributed by atoms with Crippen molar-refractivity contribution in [1.29, 1.82) is 10.5 Å².